The van der Waals surface area contributed by atoms with E-state index in [1.165, 1.54) is 0 Å². The Kier molecular flexibility index (Phi) is 5.08. The van der Waals surface area contributed by atoms with E-state index in [-0.39, 0.29) is 5.91 Å². The van der Waals surface area contributed by atoms with Crippen molar-refractivity contribution in [1.82, 2.24) is 14.9 Å². The Labute approximate surface area is 151 Å². The van der Waals surface area contributed by atoms with E-state index in [2.05, 4.69) is 28.7 Å². The van der Waals surface area contributed by atoms with Crippen LogP contribution in [-0.2, 0) is 6.54 Å². The van der Waals surface area contributed by atoms with Gasteiger partial charge in [0.15, 0.2) is 0 Å². The number of nitrogens with zero attached hydrogens (tertiary/aromatic N) is 2. The van der Waals surface area contributed by atoms with Gasteiger partial charge < -0.3 is 14.3 Å². The van der Waals surface area contributed by atoms with Crippen molar-refractivity contribution in [3.8, 4) is 11.4 Å². The Morgan fingerprint density at radius 1 is 1.40 bits per heavy atom. The third kappa shape index (κ3) is 3.85. The van der Waals surface area contributed by atoms with E-state index in [1.807, 2.05) is 37.4 Å². The molecule has 3 rings (SSSR count). The fourth-order valence-corrected chi connectivity index (χ4v) is 3.33. The minimum Gasteiger partial charge on any atom is -0.467 e. The number of furan rings is 1. The monoisotopic (exact) mass is 357 g/mol. The third-order valence-corrected chi connectivity index (χ3v) is 4.83. The molecule has 6 heteroatoms. The van der Waals surface area contributed by atoms with Gasteiger partial charge in [-0.05, 0) is 38.0 Å². The number of aromatic nitrogens is 2. The molecule has 0 aromatic carbocycles. The highest BCUT2D eigenvalue weighted by Gasteiger charge is 2.20. The molecule has 0 unspecified atom stereocenters. The molecule has 132 valence electrons. The molecule has 0 aliphatic rings. The summed E-state index contributed by atoms with van der Waals surface area (Å²) in [5.41, 5.74) is 3.43. The van der Waals surface area contributed by atoms with E-state index in [0.717, 1.165) is 27.8 Å². The lowest BCUT2D eigenvalue weighted by atomic mass is 10.2. The van der Waals surface area contributed by atoms with E-state index in [1.54, 1.807) is 17.6 Å². The second kappa shape index (κ2) is 7.27. The summed E-state index contributed by atoms with van der Waals surface area (Å²) in [7, 11) is 0. The molecular weight excluding hydrogens is 334 g/mol. The summed E-state index contributed by atoms with van der Waals surface area (Å²) in [5, 5.41) is 6.03. The lowest BCUT2D eigenvalue weighted by molar-refractivity contribution is 0.0948. The van der Waals surface area contributed by atoms with Crippen molar-refractivity contribution < 1.29 is 9.21 Å². The number of nitrogens with one attached hydrogen (secondary N) is 1. The highest BCUT2D eigenvalue weighted by Crippen LogP contribution is 2.28. The summed E-state index contributed by atoms with van der Waals surface area (Å²) in [4.78, 5) is 17.2. The second-order valence-electron chi connectivity index (χ2n) is 6.55. The van der Waals surface area contributed by atoms with Gasteiger partial charge in [0, 0.05) is 17.6 Å². The Morgan fingerprint density at radius 2 is 2.20 bits per heavy atom. The number of hydrogen-bond acceptors (Lipinski definition) is 4. The van der Waals surface area contributed by atoms with Crippen LogP contribution in [0, 0.1) is 19.8 Å². The van der Waals surface area contributed by atoms with E-state index >= 15 is 0 Å². The normalized spacial score (nSPS) is 11.2. The van der Waals surface area contributed by atoms with Gasteiger partial charge in [0.2, 0.25) is 0 Å². The van der Waals surface area contributed by atoms with Crippen molar-refractivity contribution in [2.24, 2.45) is 5.92 Å². The highest BCUT2D eigenvalue weighted by atomic mass is 32.1. The van der Waals surface area contributed by atoms with Gasteiger partial charge in [-0.3, -0.25) is 4.79 Å². The molecule has 5 nitrogen and oxygen atoms in total. The first-order valence-corrected chi connectivity index (χ1v) is 9.27. The van der Waals surface area contributed by atoms with Gasteiger partial charge in [0.05, 0.1) is 34.8 Å². The maximum absolute atomic E-state index is 12.6. The van der Waals surface area contributed by atoms with Crippen molar-refractivity contribution in [3.05, 3.63) is 51.9 Å². The maximum Gasteiger partial charge on any atom is 0.253 e. The van der Waals surface area contributed by atoms with E-state index < -0.39 is 0 Å². The van der Waals surface area contributed by atoms with E-state index in [9.17, 15) is 4.79 Å². The summed E-state index contributed by atoms with van der Waals surface area (Å²) in [5.74, 6) is 1.22. The molecule has 0 atom stereocenters. The Balaban J connectivity index is 2.00. The number of thiazole rings is 1. The zero-order valence-corrected chi connectivity index (χ0v) is 15.8. The van der Waals surface area contributed by atoms with Crippen LogP contribution in [0.25, 0.3) is 11.4 Å². The number of aryl methyl sites for hydroxylation is 1. The first-order valence-electron chi connectivity index (χ1n) is 8.39. The molecular formula is C19H23N3O2S. The average molecular weight is 357 g/mol. The third-order valence-electron chi connectivity index (χ3n) is 4.06. The zero-order valence-electron chi connectivity index (χ0n) is 15.0. The maximum atomic E-state index is 12.6. The molecule has 3 aromatic rings. The van der Waals surface area contributed by atoms with E-state index in [4.69, 9.17) is 4.42 Å². The van der Waals surface area contributed by atoms with Crippen LogP contribution in [0.4, 0.5) is 0 Å². The summed E-state index contributed by atoms with van der Waals surface area (Å²) < 4.78 is 7.59. The lowest BCUT2D eigenvalue weighted by Crippen LogP contribution is -2.27. The van der Waals surface area contributed by atoms with Gasteiger partial charge in [0.25, 0.3) is 5.91 Å². The SMILES string of the molecule is Cc1nc(-c2cc(C(=O)NCC(C)C)c(C)n2Cc2ccco2)cs1. The summed E-state index contributed by atoms with van der Waals surface area (Å²) in [6.45, 7) is 9.35. The van der Waals surface area contributed by atoms with Crippen molar-refractivity contribution in [2.45, 2.75) is 34.2 Å². The van der Waals surface area contributed by atoms with Gasteiger partial charge >= 0.3 is 0 Å². The molecule has 0 radical (unpaired) electrons. The minimum atomic E-state index is -0.0439. The van der Waals surface area contributed by atoms with Crippen LogP contribution < -0.4 is 5.32 Å². The molecule has 1 N–H and O–H groups in total. The van der Waals surface area contributed by atoms with Gasteiger partial charge in [-0.25, -0.2) is 4.98 Å². The summed E-state index contributed by atoms with van der Waals surface area (Å²) >= 11 is 1.61. The van der Waals surface area contributed by atoms with Crippen LogP contribution in [0.2, 0.25) is 0 Å². The van der Waals surface area contributed by atoms with Crippen LogP contribution >= 0.6 is 11.3 Å². The van der Waals surface area contributed by atoms with Gasteiger partial charge in [-0.1, -0.05) is 13.8 Å². The number of hydrogen-bond donors (Lipinski definition) is 1. The standard InChI is InChI=1S/C19H23N3O2S/c1-12(2)9-20-19(23)16-8-18(17-11-25-14(4)21-17)22(13(16)3)10-15-6-5-7-24-15/h5-8,11-12H,9-10H2,1-4H3,(H,20,23). The van der Waals surface area contributed by atoms with Crippen LogP contribution in [0.1, 0.15) is 40.7 Å². The molecule has 0 bridgehead atoms. The van der Waals surface area contributed by atoms with Crippen LogP contribution in [-0.4, -0.2) is 22.0 Å². The van der Waals surface area contributed by atoms with Gasteiger partial charge in [-0.15, -0.1) is 11.3 Å². The fraction of sp³-hybridized carbons (Fsp3) is 0.368. The largest absolute Gasteiger partial charge is 0.467 e. The second-order valence-corrected chi connectivity index (χ2v) is 7.61. The minimum absolute atomic E-state index is 0.0439. The van der Waals surface area contributed by atoms with Crippen molar-refractivity contribution >= 4 is 17.2 Å². The number of carbonyl (C=O) groups is 1. The molecule has 25 heavy (non-hydrogen) atoms. The Bertz CT molecular complexity index is 860. The van der Waals surface area contributed by atoms with Crippen molar-refractivity contribution in [3.63, 3.8) is 0 Å². The first kappa shape index (κ1) is 17.5. The summed E-state index contributed by atoms with van der Waals surface area (Å²) in [6.07, 6.45) is 1.66. The smallest absolute Gasteiger partial charge is 0.253 e. The van der Waals surface area contributed by atoms with Crippen LogP contribution in [0.5, 0.6) is 0 Å². The summed E-state index contributed by atoms with van der Waals surface area (Å²) in [6, 6.07) is 5.74. The van der Waals surface area contributed by atoms with Crippen molar-refractivity contribution in [2.75, 3.05) is 6.54 Å². The number of amides is 1. The Hall–Kier alpha value is -2.34. The van der Waals surface area contributed by atoms with Crippen LogP contribution in [0.15, 0.2) is 34.3 Å². The molecule has 0 aliphatic heterocycles. The predicted octanol–water partition coefficient (Wildman–Crippen LogP) is 4.26. The lowest BCUT2D eigenvalue weighted by Gasteiger charge is -2.10. The molecule has 0 fully saturated rings. The fourth-order valence-electron chi connectivity index (χ4n) is 2.72. The predicted molar refractivity (Wildman–Crippen MR) is 100.0 cm³/mol. The Morgan fingerprint density at radius 3 is 2.80 bits per heavy atom. The molecule has 3 aromatic heterocycles. The van der Waals surface area contributed by atoms with E-state index in [0.29, 0.717) is 24.6 Å². The van der Waals surface area contributed by atoms with Gasteiger partial charge in [-0.2, -0.15) is 0 Å². The number of carbonyl (C=O) groups excluding carboxylic acids is 1. The number of rotatable bonds is 6. The average Bonchev–Trinajstić information content (AvgIpc) is 3.28. The van der Waals surface area contributed by atoms with Crippen LogP contribution in [0.3, 0.4) is 0 Å². The first-order chi connectivity index (χ1) is 12.0. The molecule has 3 heterocycles. The molecule has 1 amide bonds. The molecule has 0 spiro atoms. The quantitative estimate of drug-likeness (QED) is 0.717. The highest BCUT2D eigenvalue weighted by molar-refractivity contribution is 7.09. The van der Waals surface area contributed by atoms with Gasteiger partial charge in [0.1, 0.15) is 5.76 Å². The topological polar surface area (TPSA) is 60.1 Å². The molecule has 0 saturated heterocycles. The van der Waals surface area contributed by atoms with Crippen molar-refractivity contribution in [1.29, 1.82) is 0 Å². The zero-order chi connectivity index (χ0) is 18.0. The molecule has 0 aliphatic carbocycles. The molecule has 0 saturated carbocycles.